The Bertz CT molecular complexity index is 250. The molecule has 0 aromatic heterocycles. The largest absolute Gasteiger partial charge is 0.480 e. The minimum absolute atomic E-state index is 0.338. The molecule has 4 nitrogen and oxygen atoms in total. The van der Waals surface area contributed by atoms with Crippen LogP contribution in [0, 0.1) is 5.92 Å². The second kappa shape index (κ2) is 6.36. The van der Waals surface area contributed by atoms with Crippen LogP contribution in [-0.4, -0.2) is 35.7 Å². The molecule has 0 aromatic carbocycles. The van der Waals surface area contributed by atoms with Crippen LogP contribution in [0.25, 0.3) is 0 Å². The molecule has 0 bridgehead atoms. The number of carboxylic acids is 1. The lowest BCUT2D eigenvalue weighted by atomic mass is 9.90. The van der Waals surface area contributed by atoms with Crippen LogP contribution in [0.3, 0.4) is 0 Å². The first-order valence-corrected chi connectivity index (χ1v) is 6.66. The van der Waals surface area contributed by atoms with E-state index in [9.17, 15) is 9.90 Å². The van der Waals surface area contributed by atoms with Crippen molar-refractivity contribution in [1.29, 1.82) is 0 Å². The lowest BCUT2D eigenvalue weighted by molar-refractivity contribution is -0.145. The summed E-state index contributed by atoms with van der Waals surface area (Å²) in [7, 11) is 0. The maximum absolute atomic E-state index is 11.4. The molecule has 0 aliphatic carbocycles. The van der Waals surface area contributed by atoms with E-state index in [4.69, 9.17) is 0 Å². The first-order chi connectivity index (χ1) is 7.94. The highest BCUT2D eigenvalue weighted by atomic mass is 16.4. The van der Waals surface area contributed by atoms with E-state index in [0.717, 1.165) is 32.4 Å². The zero-order valence-corrected chi connectivity index (χ0v) is 11.3. The van der Waals surface area contributed by atoms with Crippen LogP contribution in [0.2, 0.25) is 0 Å². The number of piperidine rings is 1. The summed E-state index contributed by atoms with van der Waals surface area (Å²) in [6.07, 6.45) is 3.68. The van der Waals surface area contributed by atoms with Gasteiger partial charge in [-0.2, -0.15) is 0 Å². The zero-order chi connectivity index (χ0) is 12.9. The third-order valence-electron chi connectivity index (χ3n) is 3.56. The Hall–Kier alpha value is -0.610. The second-order valence-electron chi connectivity index (χ2n) is 5.74. The van der Waals surface area contributed by atoms with E-state index in [0.29, 0.717) is 18.4 Å². The maximum Gasteiger partial charge on any atom is 0.323 e. The van der Waals surface area contributed by atoms with Crippen molar-refractivity contribution < 1.29 is 9.90 Å². The Morgan fingerprint density at radius 3 is 2.53 bits per heavy atom. The lowest BCUT2D eigenvalue weighted by Crippen LogP contribution is -2.56. The fourth-order valence-electron chi connectivity index (χ4n) is 2.23. The van der Waals surface area contributed by atoms with Crippen LogP contribution in [0.15, 0.2) is 0 Å². The van der Waals surface area contributed by atoms with Crippen molar-refractivity contribution in [2.24, 2.45) is 5.92 Å². The Balaban J connectivity index is 2.53. The first kappa shape index (κ1) is 14.5. The summed E-state index contributed by atoms with van der Waals surface area (Å²) in [6.45, 7) is 8.05. The second-order valence-corrected chi connectivity index (χ2v) is 5.74. The van der Waals surface area contributed by atoms with Gasteiger partial charge in [0.2, 0.25) is 0 Å². The Morgan fingerprint density at radius 1 is 1.47 bits per heavy atom. The van der Waals surface area contributed by atoms with E-state index in [1.54, 1.807) is 0 Å². The van der Waals surface area contributed by atoms with Crippen molar-refractivity contribution in [3.63, 3.8) is 0 Å². The molecule has 0 aromatic rings. The SMILES string of the molecule is CC(C)CCC(C)(NC1CCNCC1)C(=O)O. The molecule has 1 saturated heterocycles. The third-order valence-corrected chi connectivity index (χ3v) is 3.56. The van der Waals surface area contributed by atoms with E-state index in [-0.39, 0.29) is 0 Å². The minimum atomic E-state index is -0.772. The van der Waals surface area contributed by atoms with E-state index in [1.807, 2.05) is 6.92 Å². The first-order valence-electron chi connectivity index (χ1n) is 6.66. The van der Waals surface area contributed by atoms with Crippen LogP contribution in [0.4, 0.5) is 0 Å². The van der Waals surface area contributed by atoms with Crippen molar-refractivity contribution >= 4 is 5.97 Å². The number of aliphatic carboxylic acids is 1. The van der Waals surface area contributed by atoms with Crippen LogP contribution in [-0.2, 0) is 4.79 Å². The third kappa shape index (κ3) is 4.64. The van der Waals surface area contributed by atoms with Gasteiger partial charge in [0, 0.05) is 6.04 Å². The molecule has 17 heavy (non-hydrogen) atoms. The molecule has 0 saturated carbocycles. The molecule has 0 spiro atoms. The average molecular weight is 242 g/mol. The summed E-state index contributed by atoms with van der Waals surface area (Å²) in [4.78, 5) is 11.4. The molecule has 1 fully saturated rings. The fourth-order valence-corrected chi connectivity index (χ4v) is 2.23. The summed E-state index contributed by atoms with van der Waals surface area (Å²) < 4.78 is 0. The lowest BCUT2D eigenvalue weighted by Gasteiger charge is -2.34. The van der Waals surface area contributed by atoms with Crippen molar-refractivity contribution in [2.45, 2.75) is 58.0 Å². The van der Waals surface area contributed by atoms with E-state index < -0.39 is 11.5 Å². The van der Waals surface area contributed by atoms with Gasteiger partial charge in [-0.1, -0.05) is 13.8 Å². The standard InChI is InChI=1S/C13H26N2O2/c1-10(2)4-7-13(3,12(16)17)15-11-5-8-14-9-6-11/h10-11,14-15H,4-9H2,1-3H3,(H,16,17). The predicted molar refractivity (Wildman–Crippen MR) is 69.1 cm³/mol. The number of carbonyl (C=O) groups is 1. The molecule has 1 rings (SSSR count). The Morgan fingerprint density at radius 2 is 2.06 bits per heavy atom. The molecule has 1 heterocycles. The number of hydrogen-bond acceptors (Lipinski definition) is 3. The van der Waals surface area contributed by atoms with Crippen molar-refractivity contribution in [1.82, 2.24) is 10.6 Å². The van der Waals surface area contributed by atoms with Crippen LogP contribution >= 0.6 is 0 Å². The molecule has 0 radical (unpaired) electrons. The molecule has 100 valence electrons. The molecule has 3 N–H and O–H groups in total. The highest BCUT2D eigenvalue weighted by Crippen LogP contribution is 2.19. The van der Waals surface area contributed by atoms with Gasteiger partial charge in [-0.05, 0) is 51.6 Å². The van der Waals surface area contributed by atoms with Gasteiger partial charge in [-0.3, -0.25) is 10.1 Å². The number of nitrogens with one attached hydrogen (secondary N) is 2. The molecular formula is C13H26N2O2. The number of hydrogen-bond donors (Lipinski definition) is 3. The molecule has 0 amide bonds. The van der Waals surface area contributed by atoms with Crippen molar-refractivity contribution in [2.75, 3.05) is 13.1 Å². The molecule has 1 unspecified atom stereocenters. The van der Waals surface area contributed by atoms with Gasteiger partial charge in [-0.25, -0.2) is 0 Å². The van der Waals surface area contributed by atoms with Crippen molar-refractivity contribution in [3.8, 4) is 0 Å². The summed E-state index contributed by atoms with van der Waals surface area (Å²) in [5.41, 5.74) is -0.772. The van der Waals surface area contributed by atoms with Gasteiger partial charge in [0.1, 0.15) is 5.54 Å². The molecular weight excluding hydrogens is 216 g/mol. The molecule has 1 aliphatic heterocycles. The fraction of sp³-hybridized carbons (Fsp3) is 0.923. The van der Waals surface area contributed by atoms with E-state index in [1.165, 1.54) is 0 Å². The highest BCUT2D eigenvalue weighted by Gasteiger charge is 2.35. The van der Waals surface area contributed by atoms with Crippen LogP contribution < -0.4 is 10.6 Å². The number of rotatable bonds is 6. The summed E-state index contributed by atoms with van der Waals surface area (Å²) in [5.74, 6) is -0.180. The minimum Gasteiger partial charge on any atom is -0.480 e. The van der Waals surface area contributed by atoms with E-state index in [2.05, 4.69) is 24.5 Å². The Labute approximate surface area is 104 Å². The quantitative estimate of drug-likeness (QED) is 0.662. The topological polar surface area (TPSA) is 61.4 Å². The normalized spacial score (nSPS) is 21.4. The maximum atomic E-state index is 11.4. The zero-order valence-electron chi connectivity index (χ0n) is 11.3. The molecule has 1 atom stereocenters. The monoisotopic (exact) mass is 242 g/mol. The summed E-state index contributed by atoms with van der Waals surface area (Å²) in [6, 6.07) is 0.338. The van der Waals surface area contributed by atoms with Crippen molar-refractivity contribution in [3.05, 3.63) is 0 Å². The van der Waals surface area contributed by atoms with E-state index >= 15 is 0 Å². The van der Waals surface area contributed by atoms with Gasteiger partial charge in [-0.15, -0.1) is 0 Å². The van der Waals surface area contributed by atoms with Gasteiger partial charge in [0.05, 0.1) is 0 Å². The van der Waals surface area contributed by atoms with Gasteiger partial charge < -0.3 is 10.4 Å². The summed E-state index contributed by atoms with van der Waals surface area (Å²) >= 11 is 0. The van der Waals surface area contributed by atoms with Gasteiger partial charge in [0.25, 0.3) is 0 Å². The molecule has 1 aliphatic rings. The molecule has 4 heteroatoms. The average Bonchev–Trinajstić information content (AvgIpc) is 2.27. The van der Waals surface area contributed by atoms with Gasteiger partial charge in [0.15, 0.2) is 0 Å². The smallest absolute Gasteiger partial charge is 0.323 e. The highest BCUT2D eigenvalue weighted by molar-refractivity contribution is 5.78. The van der Waals surface area contributed by atoms with Crippen LogP contribution in [0.5, 0.6) is 0 Å². The number of carboxylic acid groups (broad SMARTS) is 1. The predicted octanol–water partition coefficient (Wildman–Crippen LogP) is 1.61. The van der Waals surface area contributed by atoms with Crippen LogP contribution in [0.1, 0.15) is 46.5 Å². The van der Waals surface area contributed by atoms with Gasteiger partial charge >= 0.3 is 5.97 Å². The Kier molecular flexibility index (Phi) is 5.40. The summed E-state index contributed by atoms with van der Waals surface area (Å²) in [5, 5.41) is 16.0.